The molecule has 24 heavy (non-hydrogen) atoms. The zero-order valence-corrected chi connectivity index (χ0v) is 14.1. The molecule has 1 aliphatic rings. The van der Waals surface area contributed by atoms with Gasteiger partial charge >= 0.3 is 0 Å². The summed E-state index contributed by atoms with van der Waals surface area (Å²) in [6.07, 6.45) is 5.85. The van der Waals surface area contributed by atoms with Crippen molar-refractivity contribution >= 4 is 5.91 Å². The number of furan rings is 1. The van der Waals surface area contributed by atoms with Gasteiger partial charge in [0.25, 0.3) is 0 Å². The first kappa shape index (κ1) is 16.8. The van der Waals surface area contributed by atoms with E-state index in [9.17, 15) is 9.90 Å². The van der Waals surface area contributed by atoms with Crippen LogP contribution in [0.15, 0.2) is 28.9 Å². The number of amides is 1. The number of hydrogen-bond donors (Lipinski definition) is 2. The molecule has 1 amide bonds. The average Bonchev–Trinajstić information content (AvgIpc) is 3.16. The van der Waals surface area contributed by atoms with Crippen molar-refractivity contribution < 1.29 is 14.3 Å². The molecule has 0 bridgehead atoms. The Hall–Kier alpha value is -2.08. The highest BCUT2D eigenvalue weighted by Gasteiger charge is 2.28. The fraction of sp³-hybridized carbons (Fsp3) is 0.556. The molecule has 0 aromatic carbocycles. The number of aliphatic hydroxyl groups excluding tert-OH is 1. The van der Waals surface area contributed by atoms with Gasteiger partial charge in [-0.3, -0.25) is 9.89 Å². The second-order valence-corrected chi connectivity index (χ2v) is 6.58. The number of hydrogen-bond acceptors (Lipinski definition) is 4. The number of aromatic amines is 1. The Morgan fingerprint density at radius 2 is 2.38 bits per heavy atom. The van der Waals surface area contributed by atoms with Crippen LogP contribution >= 0.6 is 0 Å². The molecule has 0 spiro atoms. The molecular formula is C18H25N3O3. The second-order valence-electron chi connectivity index (χ2n) is 6.58. The summed E-state index contributed by atoms with van der Waals surface area (Å²) >= 11 is 0. The van der Waals surface area contributed by atoms with Crippen LogP contribution in [-0.2, 0) is 11.2 Å². The van der Waals surface area contributed by atoms with Crippen LogP contribution in [0.1, 0.15) is 55.4 Å². The molecule has 6 heteroatoms. The van der Waals surface area contributed by atoms with Gasteiger partial charge in [0.05, 0.1) is 18.4 Å². The molecule has 1 fully saturated rings. The van der Waals surface area contributed by atoms with E-state index < -0.39 is 6.10 Å². The van der Waals surface area contributed by atoms with E-state index in [1.165, 1.54) is 0 Å². The lowest BCUT2D eigenvalue weighted by Crippen LogP contribution is -2.41. The number of aryl methyl sites for hydroxylation is 1. The molecule has 2 aromatic heterocycles. The molecule has 1 saturated heterocycles. The third kappa shape index (κ3) is 4.06. The van der Waals surface area contributed by atoms with Gasteiger partial charge < -0.3 is 14.4 Å². The van der Waals surface area contributed by atoms with Crippen molar-refractivity contribution in [2.45, 2.75) is 57.6 Å². The smallest absolute Gasteiger partial charge is 0.228 e. The van der Waals surface area contributed by atoms with Gasteiger partial charge in [-0.15, -0.1) is 0 Å². The molecule has 2 atom stereocenters. The van der Waals surface area contributed by atoms with E-state index >= 15 is 0 Å². The van der Waals surface area contributed by atoms with Gasteiger partial charge in [-0.2, -0.15) is 5.10 Å². The van der Waals surface area contributed by atoms with Crippen molar-refractivity contribution in [1.29, 1.82) is 0 Å². The lowest BCUT2D eigenvalue weighted by Gasteiger charge is -2.31. The Morgan fingerprint density at radius 1 is 1.50 bits per heavy atom. The minimum absolute atomic E-state index is 0.0418. The van der Waals surface area contributed by atoms with Crippen molar-refractivity contribution in [3.8, 4) is 0 Å². The fourth-order valence-corrected chi connectivity index (χ4v) is 3.43. The number of H-pyrrole nitrogens is 1. The van der Waals surface area contributed by atoms with Crippen molar-refractivity contribution in [3.63, 3.8) is 0 Å². The number of likely N-dealkylation sites (tertiary alicyclic amines) is 1. The SMILES string of the molecule is Cc1cc(CC(=O)N2CCCCC[C@H]2C[C@H](O)c2ccco2)n[nH]1. The molecule has 130 valence electrons. The van der Waals surface area contributed by atoms with E-state index in [2.05, 4.69) is 10.2 Å². The summed E-state index contributed by atoms with van der Waals surface area (Å²) in [5.41, 5.74) is 1.73. The summed E-state index contributed by atoms with van der Waals surface area (Å²) in [5, 5.41) is 17.4. The van der Waals surface area contributed by atoms with Gasteiger partial charge in [0, 0.05) is 24.7 Å². The topological polar surface area (TPSA) is 82.4 Å². The predicted octanol–water partition coefficient (Wildman–Crippen LogP) is 2.75. The number of aliphatic hydroxyl groups is 1. The van der Waals surface area contributed by atoms with E-state index in [1.54, 1.807) is 18.4 Å². The molecule has 3 heterocycles. The molecule has 1 aliphatic heterocycles. The third-order valence-corrected chi connectivity index (χ3v) is 4.66. The van der Waals surface area contributed by atoms with E-state index in [4.69, 9.17) is 4.42 Å². The van der Waals surface area contributed by atoms with E-state index in [1.807, 2.05) is 17.9 Å². The zero-order chi connectivity index (χ0) is 16.9. The Labute approximate surface area is 141 Å². The number of carbonyl (C=O) groups is 1. The second kappa shape index (κ2) is 7.66. The molecule has 0 radical (unpaired) electrons. The van der Waals surface area contributed by atoms with Crippen LogP contribution in [-0.4, -0.2) is 38.7 Å². The highest BCUT2D eigenvalue weighted by molar-refractivity contribution is 5.78. The summed E-state index contributed by atoms with van der Waals surface area (Å²) in [7, 11) is 0. The standard InChI is InChI=1S/C18H25N3O3/c1-13-10-14(20-19-13)11-18(23)21-8-4-2-3-6-15(21)12-16(22)17-7-5-9-24-17/h5,7,9-10,15-16,22H,2-4,6,8,11-12H2,1H3,(H,19,20)/t15-,16-/m0/s1. The maximum atomic E-state index is 12.8. The summed E-state index contributed by atoms with van der Waals surface area (Å²) in [6, 6.07) is 5.50. The van der Waals surface area contributed by atoms with E-state index in [0.29, 0.717) is 18.6 Å². The molecule has 3 rings (SSSR count). The van der Waals surface area contributed by atoms with E-state index in [0.717, 1.165) is 43.6 Å². The molecule has 6 nitrogen and oxygen atoms in total. The van der Waals surface area contributed by atoms with Crippen LogP contribution in [0.3, 0.4) is 0 Å². The van der Waals surface area contributed by atoms with Gasteiger partial charge in [-0.05, 0) is 38.0 Å². The predicted molar refractivity (Wildman–Crippen MR) is 89.3 cm³/mol. The number of nitrogens with zero attached hydrogens (tertiary/aromatic N) is 2. The quantitative estimate of drug-likeness (QED) is 0.882. The minimum atomic E-state index is -0.675. The number of rotatable bonds is 5. The van der Waals surface area contributed by atoms with Crippen LogP contribution in [0.4, 0.5) is 0 Å². The maximum absolute atomic E-state index is 12.8. The Bertz CT molecular complexity index is 650. The first-order valence-electron chi connectivity index (χ1n) is 8.65. The first-order chi connectivity index (χ1) is 11.6. The lowest BCUT2D eigenvalue weighted by molar-refractivity contribution is -0.133. The Balaban J connectivity index is 1.68. The number of carbonyl (C=O) groups excluding carboxylic acids is 1. The molecule has 2 aromatic rings. The third-order valence-electron chi connectivity index (χ3n) is 4.66. The highest BCUT2D eigenvalue weighted by atomic mass is 16.4. The fourth-order valence-electron chi connectivity index (χ4n) is 3.43. The summed E-state index contributed by atoms with van der Waals surface area (Å²) in [6.45, 7) is 2.67. The lowest BCUT2D eigenvalue weighted by atomic mass is 10.0. The number of aromatic nitrogens is 2. The van der Waals surface area contributed by atoms with Gasteiger partial charge in [-0.25, -0.2) is 0 Å². The summed E-state index contributed by atoms with van der Waals surface area (Å²) in [5.74, 6) is 0.648. The molecule has 2 N–H and O–H groups in total. The van der Waals surface area contributed by atoms with Gasteiger partial charge in [0.1, 0.15) is 11.9 Å². The molecule has 0 aliphatic carbocycles. The van der Waals surface area contributed by atoms with Crippen LogP contribution in [0.25, 0.3) is 0 Å². The normalized spacial score (nSPS) is 19.9. The minimum Gasteiger partial charge on any atom is -0.467 e. The largest absolute Gasteiger partial charge is 0.467 e. The van der Waals surface area contributed by atoms with Crippen molar-refractivity contribution in [3.05, 3.63) is 41.6 Å². The van der Waals surface area contributed by atoms with Crippen molar-refractivity contribution in [2.75, 3.05) is 6.54 Å². The van der Waals surface area contributed by atoms with Crippen LogP contribution in [0.5, 0.6) is 0 Å². The summed E-state index contributed by atoms with van der Waals surface area (Å²) in [4.78, 5) is 14.7. The first-order valence-corrected chi connectivity index (χ1v) is 8.65. The zero-order valence-electron chi connectivity index (χ0n) is 14.1. The maximum Gasteiger partial charge on any atom is 0.228 e. The van der Waals surface area contributed by atoms with Gasteiger partial charge in [0.2, 0.25) is 5.91 Å². The van der Waals surface area contributed by atoms with Crippen molar-refractivity contribution in [1.82, 2.24) is 15.1 Å². The van der Waals surface area contributed by atoms with Crippen molar-refractivity contribution in [2.24, 2.45) is 0 Å². The molecular weight excluding hydrogens is 306 g/mol. The van der Waals surface area contributed by atoms with Gasteiger partial charge in [0.15, 0.2) is 0 Å². The average molecular weight is 331 g/mol. The Morgan fingerprint density at radius 3 is 3.08 bits per heavy atom. The van der Waals surface area contributed by atoms with Crippen LogP contribution in [0.2, 0.25) is 0 Å². The summed E-state index contributed by atoms with van der Waals surface area (Å²) < 4.78 is 5.29. The van der Waals surface area contributed by atoms with Crippen LogP contribution < -0.4 is 0 Å². The Kier molecular flexibility index (Phi) is 5.35. The molecule has 0 unspecified atom stereocenters. The van der Waals surface area contributed by atoms with Gasteiger partial charge in [-0.1, -0.05) is 12.8 Å². The van der Waals surface area contributed by atoms with E-state index in [-0.39, 0.29) is 11.9 Å². The molecule has 0 saturated carbocycles. The monoisotopic (exact) mass is 331 g/mol. The van der Waals surface area contributed by atoms with Crippen LogP contribution in [0, 0.1) is 6.92 Å². The highest BCUT2D eigenvalue weighted by Crippen LogP contribution is 2.27. The number of nitrogens with one attached hydrogen (secondary N) is 1.